The number of nitrogens with one attached hydrogen (secondary N) is 1. The van der Waals surface area contributed by atoms with Crippen LogP contribution in [0.25, 0.3) is 0 Å². The van der Waals surface area contributed by atoms with E-state index in [1.165, 1.54) is 0 Å². The van der Waals surface area contributed by atoms with E-state index in [0.29, 0.717) is 13.0 Å². The van der Waals surface area contributed by atoms with Gasteiger partial charge in [0.25, 0.3) is 0 Å². The molecule has 0 bridgehead atoms. The highest BCUT2D eigenvalue weighted by atomic mass is 16.3. The monoisotopic (exact) mass is 174 g/mol. The van der Waals surface area contributed by atoms with Gasteiger partial charge in [-0.3, -0.25) is 4.79 Å². The fraction of sp³-hybridized carbons (Fsp3) is 0.875. The molecule has 12 heavy (non-hydrogen) atoms. The minimum absolute atomic E-state index is 0.00926. The van der Waals surface area contributed by atoms with Crippen molar-refractivity contribution in [3.63, 3.8) is 0 Å². The fourth-order valence-electron chi connectivity index (χ4n) is 0.823. The topological polar surface area (TPSA) is 75.3 Å². The molecular weight excluding hydrogens is 156 g/mol. The van der Waals surface area contributed by atoms with Gasteiger partial charge in [-0.15, -0.1) is 0 Å². The lowest BCUT2D eigenvalue weighted by Gasteiger charge is -2.09. The molecule has 0 rings (SSSR count). The molecule has 0 saturated carbocycles. The Hall–Kier alpha value is -0.610. The third-order valence-corrected chi connectivity index (χ3v) is 1.54. The average Bonchev–Trinajstić information content (AvgIpc) is 2.05. The molecule has 0 aromatic carbocycles. The number of hydrogen-bond acceptors (Lipinski definition) is 3. The fourth-order valence-corrected chi connectivity index (χ4v) is 0.823. The van der Waals surface area contributed by atoms with Crippen LogP contribution in [-0.2, 0) is 4.79 Å². The van der Waals surface area contributed by atoms with Crippen molar-refractivity contribution >= 4 is 5.91 Å². The molecule has 72 valence electrons. The van der Waals surface area contributed by atoms with E-state index in [1.807, 2.05) is 0 Å². The van der Waals surface area contributed by atoms with Gasteiger partial charge in [0, 0.05) is 12.5 Å². The Kier molecular flexibility index (Phi) is 6.70. The zero-order valence-corrected chi connectivity index (χ0v) is 7.55. The zero-order valence-electron chi connectivity index (χ0n) is 7.55. The highest BCUT2D eigenvalue weighted by Gasteiger charge is 2.04. The molecule has 1 amide bonds. The van der Waals surface area contributed by atoms with Gasteiger partial charge in [-0.05, 0) is 26.3 Å². The minimum Gasteiger partial charge on any atom is -0.394 e. The van der Waals surface area contributed by atoms with Crippen molar-refractivity contribution < 1.29 is 9.90 Å². The molecule has 0 radical (unpaired) electrons. The summed E-state index contributed by atoms with van der Waals surface area (Å²) in [5, 5.41) is 11.3. The first-order valence-electron chi connectivity index (χ1n) is 4.31. The van der Waals surface area contributed by atoms with E-state index in [-0.39, 0.29) is 18.6 Å². The van der Waals surface area contributed by atoms with E-state index < -0.39 is 0 Å². The van der Waals surface area contributed by atoms with Crippen molar-refractivity contribution in [2.45, 2.75) is 32.2 Å². The summed E-state index contributed by atoms with van der Waals surface area (Å²) < 4.78 is 0. The van der Waals surface area contributed by atoms with E-state index in [0.717, 1.165) is 12.8 Å². The van der Waals surface area contributed by atoms with Crippen LogP contribution in [0.2, 0.25) is 0 Å². The van der Waals surface area contributed by atoms with Gasteiger partial charge < -0.3 is 16.2 Å². The van der Waals surface area contributed by atoms with E-state index in [1.54, 1.807) is 6.92 Å². The zero-order chi connectivity index (χ0) is 9.40. The molecule has 0 aliphatic rings. The molecule has 1 atom stereocenters. The van der Waals surface area contributed by atoms with Gasteiger partial charge >= 0.3 is 0 Å². The Morgan fingerprint density at radius 1 is 1.58 bits per heavy atom. The highest BCUT2D eigenvalue weighted by molar-refractivity contribution is 5.76. The van der Waals surface area contributed by atoms with Gasteiger partial charge in [-0.25, -0.2) is 0 Å². The summed E-state index contributed by atoms with van der Waals surface area (Å²) >= 11 is 0. The summed E-state index contributed by atoms with van der Waals surface area (Å²) in [7, 11) is 0. The Morgan fingerprint density at radius 3 is 2.75 bits per heavy atom. The van der Waals surface area contributed by atoms with E-state index in [4.69, 9.17) is 10.8 Å². The number of carbonyl (C=O) groups excluding carboxylic acids is 1. The Balaban J connectivity index is 3.33. The summed E-state index contributed by atoms with van der Waals surface area (Å²) in [4.78, 5) is 11.0. The van der Waals surface area contributed by atoms with Crippen LogP contribution in [0.3, 0.4) is 0 Å². The van der Waals surface area contributed by atoms with Crippen LogP contribution in [0.5, 0.6) is 0 Å². The number of aliphatic hydroxyl groups is 1. The SMILES string of the molecule is C[C@H](CO)NC(=O)CCCCN. The summed E-state index contributed by atoms with van der Waals surface area (Å²) in [6.07, 6.45) is 2.20. The first-order chi connectivity index (χ1) is 5.70. The van der Waals surface area contributed by atoms with Gasteiger partial charge in [-0.2, -0.15) is 0 Å². The molecule has 4 heteroatoms. The molecule has 4 N–H and O–H groups in total. The first kappa shape index (κ1) is 11.4. The van der Waals surface area contributed by atoms with Gasteiger partial charge in [0.1, 0.15) is 0 Å². The smallest absolute Gasteiger partial charge is 0.220 e. The van der Waals surface area contributed by atoms with Gasteiger partial charge in [0.05, 0.1) is 6.61 Å². The number of nitrogens with two attached hydrogens (primary N) is 1. The quantitative estimate of drug-likeness (QED) is 0.480. The Morgan fingerprint density at radius 2 is 2.25 bits per heavy atom. The number of carbonyl (C=O) groups is 1. The molecule has 4 nitrogen and oxygen atoms in total. The van der Waals surface area contributed by atoms with Gasteiger partial charge in [0.2, 0.25) is 5.91 Å². The summed E-state index contributed by atoms with van der Waals surface area (Å²) in [5.41, 5.74) is 5.27. The molecular formula is C8H18N2O2. The maximum Gasteiger partial charge on any atom is 0.220 e. The van der Waals surface area contributed by atoms with E-state index in [2.05, 4.69) is 5.32 Å². The molecule has 0 spiro atoms. The second-order valence-corrected chi connectivity index (χ2v) is 2.90. The van der Waals surface area contributed by atoms with Crippen LogP contribution in [-0.4, -0.2) is 30.2 Å². The molecule has 0 saturated heterocycles. The van der Waals surface area contributed by atoms with E-state index >= 15 is 0 Å². The lowest BCUT2D eigenvalue weighted by Crippen LogP contribution is -2.34. The summed E-state index contributed by atoms with van der Waals surface area (Å²) in [5.74, 6) is -0.00926. The largest absolute Gasteiger partial charge is 0.394 e. The molecule has 0 aromatic rings. The van der Waals surface area contributed by atoms with Gasteiger partial charge in [-0.1, -0.05) is 0 Å². The van der Waals surface area contributed by atoms with Crippen molar-refractivity contribution in [3.05, 3.63) is 0 Å². The van der Waals surface area contributed by atoms with Crippen LogP contribution in [0.4, 0.5) is 0 Å². The summed E-state index contributed by atoms with van der Waals surface area (Å²) in [6, 6.07) is -0.143. The molecule has 0 aromatic heterocycles. The van der Waals surface area contributed by atoms with E-state index in [9.17, 15) is 4.79 Å². The van der Waals surface area contributed by atoms with Crippen molar-refractivity contribution in [1.82, 2.24) is 5.32 Å². The maximum absolute atomic E-state index is 11.0. The Bertz CT molecular complexity index is 128. The first-order valence-corrected chi connectivity index (χ1v) is 4.31. The normalized spacial score (nSPS) is 12.6. The number of amides is 1. The molecule has 0 heterocycles. The molecule has 0 aliphatic heterocycles. The standard InChI is InChI=1S/C8H18N2O2/c1-7(6-11)10-8(12)4-2-3-5-9/h7,11H,2-6,9H2,1H3,(H,10,12)/t7-/m1/s1. The average molecular weight is 174 g/mol. The van der Waals surface area contributed by atoms with Crippen LogP contribution >= 0.6 is 0 Å². The summed E-state index contributed by atoms with van der Waals surface area (Å²) in [6.45, 7) is 2.38. The number of unbranched alkanes of at least 4 members (excludes halogenated alkanes) is 1. The lowest BCUT2D eigenvalue weighted by molar-refractivity contribution is -0.122. The van der Waals surface area contributed by atoms with Crippen LogP contribution in [0.15, 0.2) is 0 Å². The predicted octanol–water partition coefficient (Wildman–Crippen LogP) is -0.388. The minimum atomic E-state index is -0.143. The number of rotatable bonds is 6. The van der Waals surface area contributed by atoms with Crippen LogP contribution in [0, 0.1) is 0 Å². The maximum atomic E-state index is 11.0. The molecule has 0 fully saturated rings. The van der Waals surface area contributed by atoms with Crippen LogP contribution < -0.4 is 11.1 Å². The lowest BCUT2D eigenvalue weighted by atomic mass is 10.2. The molecule has 0 aliphatic carbocycles. The third kappa shape index (κ3) is 6.12. The van der Waals surface area contributed by atoms with Crippen LogP contribution in [0.1, 0.15) is 26.2 Å². The third-order valence-electron chi connectivity index (χ3n) is 1.54. The number of hydrogen-bond donors (Lipinski definition) is 3. The second kappa shape index (κ2) is 7.06. The number of aliphatic hydroxyl groups excluding tert-OH is 1. The van der Waals surface area contributed by atoms with Crippen molar-refractivity contribution in [3.8, 4) is 0 Å². The van der Waals surface area contributed by atoms with Crippen molar-refractivity contribution in [1.29, 1.82) is 0 Å². The predicted molar refractivity (Wildman–Crippen MR) is 47.6 cm³/mol. The molecule has 0 unspecified atom stereocenters. The highest BCUT2D eigenvalue weighted by Crippen LogP contribution is 1.93. The van der Waals surface area contributed by atoms with Crippen molar-refractivity contribution in [2.24, 2.45) is 5.73 Å². The van der Waals surface area contributed by atoms with Crippen molar-refractivity contribution in [2.75, 3.05) is 13.2 Å². The van der Waals surface area contributed by atoms with Gasteiger partial charge in [0.15, 0.2) is 0 Å². The Labute approximate surface area is 73.1 Å². The second-order valence-electron chi connectivity index (χ2n) is 2.90.